The van der Waals surface area contributed by atoms with Crippen LogP contribution in [0.3, 0.4) is 0 Å². The van der Waals surface area contributed by atoms with Gasteiger partial charge in [0, 0.05) is 12.0 Å². The Hall–Kier alpha value is -3.02. The molecule has 0 fully saturated rings. The predicted octanol–water partition coefficient (Wildman–Crippen LogP) is 3.45. The van der Waals surface area contributed by atoms with Crippen LogP contribution in [0.4, 0.5) is 0 Å². The highest BCUT2D eigenvalue weighted by atomic mass is 16.5. The van der Waals surface area contributed by atoms with Gasteiger partial charge in [0.05, 0.1) is 27.8 Å². The Morgan fingerprint density at radius 2 is 1.46 bits per heavy atom. The highest BCUT2D eigenvalue weighted by Gasteiger charge is 2.16. The van der Waals surface area contributed by atoms with Gasteiger partial charge in [-0.1, -0.05) is 6.92 Å². The molecule has 2 aromatic rings. The molecule has 6 heteroatoms. The number of rotatable bonds is 8. The number of hydrogen-bond donors (Lipinski definition) is 0. The number of ketones is 1. The SMILES string of the molecule is CCC(=O)c1ccc(OC(=O)Cc2cc(OC)c(OC)c(OC)c2)cc1. The van der Waals surface area contributed by atoms with Crippen molar-refractivity contribution in [3.8, 4) is 23.0 Å². The Morgan fingerprint density at radius 1 is 0.885 bits per heavy atom. The molecule has 0 unspecified atom stereocenters. The first-order valence-electron chi connectivity index (χ1n) is 8.15. The Kier molecular flexibility index (Phi) is 6.60. The molecule has 0 radical (unpaired) electrons. The summed E-state index contributed by atoms with van der Waals surface area (Å²) in [6.45, 7) is 1.80. The van der Waals surface area contributed by atoms with Gasteiger partial charge in [0.25, 0.3) is 0 Å². The van der Waals surface area contributed by atoms with Crippen molar-refractivity contribution in [1.82, 2.24) is 0 Å². The molecule has 0 bridgehead atoms. The zero-order chi connectivity index (χ0) is 19.1. The molecule has 0 atom stereocenters. The Morgan fingerprint density at radius 3 is 1.92 bits per heavy atom. The number of hydrogen-bond acceptors (Lipinski definition) is 6. The van der Waals surface area contributed by atoms with E-state index in [0.717, 1.165) is 0 Å². The van der Waals surface area contributed by atoms with Crippen LogP contribution in [0.2, 0.25) is 0 Å². The molecule has 6 nitrogen and oxygen atoms in total. The molecule has 2 aromatic carbocycles. The maximum Gasteiger partial charge on any atom is 0.315 e. The van der Waals surface area contributed by atoms with Gasteiger partial charge < -0.3 is 18.9 Å². The van der Waals surface area contributed by atoms with Crippen molar-refractivity contribution in [3.63, 3.8) is 0 Å². The van der Waals surface area contributed by atoms with Crippen LogP contribution in [0.1, 0.15) is 29.3 Å². The zero-order valence-corrected chi connectivity index (χ0v) is 15.3. The average Bonchev–Trinajstić information content (AvgIpc) is 2.66. The summed E-state index contributed by atoms with van der Waals surface area (Å²) in [7, 11) is 4.54. The minimum Gasteiger partial charge on any atom is -0.493 e. The van der Waals surface area contributed by atoms with Crippen LogP contribution in [-0.4, -0.2) is 33.1 Å². The van der Waals surface area contributed by atoms with Gasteiger partial charge in [0.15, 0.2) is 17.3 Å². The summed E-state index contributed by atoms with van der Waals surface area (Å²) in [6, 6.07) is 9.91. The standard InChI is InChI=1S/C20H22O6/c1-5-16(21)14-6-8-15(9-7-14)26-19(22)12-13-10-17(23-2)20(25-4)18(11-13)24-3/h6-11H,5,12H2,1-4H3. The van der Waals surface area contributed by atoms with E-state index < -0.39 is 5.97 Å². The fraction of sp³-hybridized carbons (Fsp3) is 0.300. The number of esters is 1. The topological polar surface area (TPSA) is 71.1 Å². The van der Waals surface area contributed by atoms with E-state index in [0.29, 0.717) is 40.5 Å². The van der Waals surface area contributed by atoms with Crippen LogP contribution in [0.15, 0.2) is 36.4 Å². The average molecular weight is 358 g/mol. The molecule has 0 heterocycles. The first-order valence-corrected chi connectivity index (χ1v) is 8.15. The number of methoxy groups -OCH3 is 3. The summed E-state index contributed by atoms with van der Waals surface area (Å²) in [4.78, 5) is 23.8. The van der Waals surface area contributed by atoms with Crippen LogP contribution >= 0.6 is 0 Å². The van der Waals surface area contributed by atoms with Crippen LogP contribution in [0, 0.1) is 0 Å². The molecule has 0 N–H and O–H groups in total. The molecule has 0 aromatic heterocycles. The molecule has 26 heavy (non-hydrogen) atoms. The number of carbonyl (C=O) groups excluding carboxylic acids is 2. The van der Waals surface area contributed by atoms with Gasteiger partial charge in [0.2, 0.25) is 5.75 Å². The minimum atomic E-state index is -0.436. The van der Waals surface area contributed by atoms with E-state index in [1.165, 1.54) is 21.3 Å². The maximum absolute atomic E-state index is 12.2. The molecule has 0 aliphatic heterocycles. The summed E-state index contributed by atoms with van der Waals surface area (Å²) in [5.41, 5.74) is 1.26. The van der Waals surface area contributed by atoms with Gasteiger partial charge in [-0.05, 0) is 42.0 Å². The quantitative estimate of drug-likeness (QED) is 0.409. The second-order valence-electron chi connectivity index (χ2n) is 5.49. The van der Waals surface area contributed by atoms with Gasteiger partial charge in [-0.3, -0.25) is 9.59 Å². The molecule has 2 rings (SSSR count). The monoisotopic (exact) mass is 358 g/mol. The zero-order valence-electron chi connectivity index (χ0n) is 15.3. The van der Waals surface area contributed by atoms with E-state index in [9.17, 15) is 9.59 Å². The predicted molar refractivity (Wildman–Crippen MR) is 96.5 cm³/mol. The van der Waals surface area contributed by atoms with Crippen molar-refractivity contribution in [3.05, 3.63) is 47.5 Å². The fourth-order valence-corrected chi connectivity index (χ4v) is 2.48. The molecular weight excluding hydrogens is 336 g/mol. The fourth-order valence-electron chi connectivity index (χ4n) is 2.48. The normalized spacial score (nSPS) is 10.2. The van der Waals surface area contributed by atoms with E-state index in [1.807, 2.05) is 0 Å². The number of carbonyl (C=O) groups is 2. The van der Waals surface area contributed by atoms with Gasteiger partial charge in [-0.2, -0.15) is 0 Å². The lowest BCUT2D eigenvalue weighted by atomic mass is 10.1. The van der Waals surface area contributed by atoms with E-state index in [1.54, 1.807) is 43.3 Å². The molecular formula is C20H22O6. The molecule has 0 spiro atoms. The van der Waals surface area contributed by atoms with Crippen molar-refractivity contribution in [1.29, 1.82) is 0 Å². The van der Waals surface area contributed by atoms with Crippen LogP contribution in [0.5, 0.6) is 23.0 Å². The van der Waals surface area contributed by atoms with Gasteiger partial charge >= 0.3 is 5.97 Å². The summed E-state index contributed by atoms with van der Waals surface area (Å²) in [6.07, 6.45) is 0.465. The molecule has 0 aliphatic rings. The lowest BCUT2D eigenvalue weighted by Gasteiger charge is -2.14. The first kappa shape index (κ1) is 19.3. The van der Waals surface area contributed by atoms with Crippen molar-refractivity contribution in [2.45, 2.75) is 19.8 Å². The van der Waals surface area contributed by atoms with Crippen molar-refractivity contribution in [2.24, 2.45) is 0 Å². The lowest BCUT2D eigenvalue weighted by molar-refractivity contribution is -0.133. The summed E-state index contributed by atoms with van der Waals surface area (Å²) in [5.74, 6) is 1.39. The third-order valence-electron chi connectivity index (χ3n) is 3.80. The van der Waals surface area contributed by atoms with Crippen molar-refractivity contribution in [2.75, 3.05) is 21.3 Å². The Balaban J connectivity index is 2.11. The largest absolute Gasteiger partial charge is 0.493 e. The van der Waals surface area contributed by atoms with Crippen LogP contribution in [0.25, 0.3) is 0 Å². The third-order valence-corrected chi connectivity index (χ3v) is 3.80. The van der Waals surface area contributed by atoms with Gasteiger partial charge in [-0.25, -0.2) is 0 Å². The lowest BCUT2D eigenvalue weighted by Crippen LogP contribution is -2.12. The van der Waals surface area contributed by atoms with E-state index in [2.05, 4.69) is 0 Å². The molecule has 0 saturated heterocycles. The van der Waals surface area contributed by atoms with Gasteiger partial charge in [-0.15, -0.1) is 0 Å². The van der Waals surface area contributed by atoms with E-state index in [-0.39, 0.29) is 12.2 Å². The second-order valence-corrected chi connectivity index (χ2v) is 5.49. The molecule has 138 valence electrons. The molecule has 0 amide bonds. The number of ether oxygens (including phenoxy) is 4. The molecule has 0 saturated carbocycles. The van der Waals surface area contributed by atoms with Crippen molar-refractivity contribution < 1.29 is 28.5 Å². The third kappa shape index (κ3) is 4.53. The smallest absolute Gasteiger partial charge is 0.315 e. The van der Waals surface area contributed by atoms with Crippen molar-refractivity contribution >= 4 is 11.8 Å². The number of Topliss-reactive ketones (excluding diaryl/α,β-unsaturated/α-hetero) is 1. The van der Waals surface area contributed by atoms with E-state index >= 15 is 0 Å². The van der Waals surface area contributed by atoms with Crippen LogP contribution < -0.4 is 18.9 Å². The highest BCUT2D eigenvalue weighted by Crippen LogP contribution is 2.38. The first-order chi connectivity index (χ1) is 12.5. The Labute approximate surface area is 152 Å². The maximum atomic E-state index is 12.2. The summed E-state index contributed by atoms with van der Waals surface area (Å²) < 4.78 is 21.1. The van der Waals surface area contributed by atoms with Crippen LogP contribution in [-0.2, 0) is 11.2 Å². The second kappa shape index (κ2) is 8.89. The highest BCUT2D eigenvalue weighted by molar-refractivity contribution is 5.95. The van der Waals surface area contributed by atoms with E-state index in [4.69, 9.17) is 18.9 Å². The number of benzene rings is 2. The summed E-state index contributed by atoms with van der Waals surface area (Å²) >= 11 is 0. The minimum absolute atomic E-state index is 0.0341. The Bertz CT molecular complexity index is 754. The molecule has 0 aliphatic carbocycles. The van der Waals surface area contributed by atoms with Gasteiger partial charge in [0.1, 0.15) is 5.75 Å². The summed E-state index contributed by atoms with van der Waals surface area (Å²) in [5, 5.41) is 0.